The van der Waals surface area contributed by atoms with Gasteiger partial charge in [-0.3, -0.25) is 0 Å². The molecule has 4 aromatic heterocycles. The number of aromatic nitrogens is 2. The summed E-state index contributed by atoms with van der Waals surface area (Å²) >= 11 is 5.46. The molecule has 0 aliphatic heterocycles. The fraction of sp³-hybridized carbons (Fsp3) is 0.0625. The highest BCUT2D eigenvalue weighted by molar-refractivity contribution is 7.26. The fourth-order valence-corrected chi connectivity index (χ4v) is 5.13. The third-order valence-electron chi connectivity index (χ3n) is 3.27. The smallest absolute Gasteiger partial charge is 0.239 e. The van der Waals surface area contributed by atoms with Gasteiger partial charge in [-0.1, -0.05) is 12.1 Å². The third-order valence-corrected chi connectivity index (χ3v) is 6.51. The quantitative estimate of drug-likeness (QED) is 0.477. The summed E-state index contributed by atoms with van der Waals surface area (Å²) in [5, 5.41) is 4.27. The Morgan fingerprint density at radius 1 is 1.00 bits per heavy atom. The maximum atomic E-state index is 2.30. The zero-order chi connectivity index (χ0) is 14.2. The lowest BCUT2D eigenvalue weighted by atomic mass is 10.3. The van der Waals surface area contributed by atoms with Gasteiger partial charge >= 0.3 is 0 Å². The second kappa shape index (κ2) is 5.26. The molecule has 5 heteroatoms. The number of rotatable bonds is 3. The lowest BCUT2D eigenvalue weighted by Gasteiger charge is -1.95. The lowest BCUT2D eigenvalue weighted by molar-refractivity contribution is -0.670. The molecule has 0 fully saturated rings. The van der Waals surface area contributed by atoms with Crippen molar-refractivity contribution in [3.63, 3.8) is 0 Å². The first kappa shape index (κ1) is 13.0. The van der Waals surface area contributed by atoms with Crippen LogP contribution in [0.25, 0.3) is 25.2 Å². The Bertz CT molecular complexity index is 852. The van der Waals surface area contributed by atoms with Crippen LogP contribution in [0, 0.1) is 0 Å². The van der Waals surface area contributed by atoms with E-state index in [9.17, 15) is 0 Å². The van der Waals surface area contributed by atoms with Gasteiger partial charge < -0.3 is 0 Å². The Hall–Kier alpha value is -1.69. The maximum Gasteiger partial charge on any atom is 0.248 e. The van der Waals surface area contributed by atoms with E-state index in [0.717, 1.165) is 0 Å². The molecule has 0 saturated heterocycles. The summed E-state index contributed by atoms with van der Waals surface area (Å²) in [6, 6.07) is 10.9. The number of hydrogen-bond acceptors (Lipinski definition) is 3. The van der Waals surface area contributed by atoms with Crippen molar-refractivity contribution < 1.29 is 4.57 Å². The van der Waals surface area contributed by atoms with E-state index in [2.05, 4.69) is 68.9 Å². The third kappa shape index (κ3) is 2.37. The molecule has 0 aromatic carbocycles. The van der Waals surface area contributed by atoms with Crippen LogP contribution in [0.3, 0.4) is 0 Å². The molecule has 0 spiro atoms. The Morgan fingerprint density at radius 3 is 2.38 bits per heavy atom. The predicted molar refractivity (Wildman–Crippen MR) is 91.4 cm³/mol. The largest absolute Gasteiger partial charge is 0.248 e. The molecule has 0 unspecified atom stereocenters. The van der Waals surface area contributed by atoms with Crippen LogP contribution in [0.1, 0.15) is 0 Å². The first-order chi connectivity index (χ1) is 10.3. The van der Waals surface area contributed by atoms with E-state index in [1.54, 1.807) is 22.7 Å². The van der Waals surface area contributed by atoms with Crippen LogP contribution in [0.2, 0.25) is 0 Å². The van der Waals surface area contributed by atoms with Crippen molar-refractivity contribution in [1.29, 1.82) is 0 Å². The number of thiophene rings is 3. The molecule has 4 aromatic rings. The molecule has 0 atom stereocenters. The summed E-state index contributed by atoms with van der Waals surface area (Å²) in [5.74, 6) is 0. The van der Waals surface area contributed by atoms with E-state index < -0.39 is 0 Å². The van der Waals surface area contributed by atoms with E-state index in [1.165, 1.54) is 25.2 Å². The Kier molecular flexibility index (Phi) is 3.25. The van der Waals surface area contributed by atoms with Gasteiger partial charge in [0, 0.05) is 20.7 Å². The standard InChI is InChI=1S/C16H13N2S3/c1-17-6-7-18(11-17)12-10-15(13-4-2-8-19-13)21-16(12)14-5-3-9-20-14/h2-11H,1H3/q+1. The zero-order valence-electron chi connectivity index (χ0n) is 11.4. The second-order valence-corrected chi connectivity index (χ2v) is 7.71. The summed E-state index contributed by atoms with van der Waals surface area (Å²) in [4.78, 5) is 5.33. The number of hydrogen-bond donors (Lipinski definition) is 0. The minimum atomic E-state index is 1.26. The normalized spacial score (nSPS) is 11.1. The molecule has 4 rings (SSSR count). The van der Waals surface area contributed by atoms with Gasteiger partial charge in [0.2, 0.25) is 6.33 Å². The van der Waals surface area contributed by atoms with Gasteiger partial charge in [0.15, 0.2) is 5.69 Å². The lowest BCUT2D eigenvalue weighted by Crippen LogP contribution is -2.23. The van der Waals surface area contributed by atoms with E-state index in [-0.39, 0.29) is 0 Å². The monoisotopic (exact) mass is 329 g/mol. The highest BCUT2D eigenvalue weighted by atomic mass is 32.1. The minimum Gasteiger partial charge on any atom is -0.239 e. The molecule has 4 heterocycles. The molecular weight excluding hydrogens is 316 g/mol. The predicted octanol–water partition coefficient (Wildman–Crippen LogP) is 4.82. The molecule has 2 nitrogen and oxygen atoms in total. The molecule has 0 aliphatic rings. The Balaban J connectivity index is 1.91. The average Bonchev–Trinajstić information content (AvgIpc) is 3.25. The van der Waals surface area contributed by atoms with Gasteiger partial charge in [0.05, 0.1) is 11.9 Å². The van der Waals surface area contributed by atoms with E-state index in [0.29, 0.717) is 0 Å². The van der Waals surface area contributed by atoms with Crippen LogP contribution in [-0.4, -0.2) is 4.57 Å². The van der Waals surface area contributed by atoms with Crippen LogP contribution in [-0.2, 0) is 7.05 Å². The van der Waals surface area contributed by atoms with Crippen molar-refractivity contribution in [2.75, 3.05) is 0 Å². The van der Waals surface area contributed by atoms with Crippen molar-refractivity contribution in [2.45, 2.75) is 0 Å². The summed E-state index contributed by atoms with van der Waals surface area (Å²) in [6.45, 7) is 0. The van der Waals surface area contributed by atoms with Crippen LogP contribution in [0.5, 0.6) is 0 Å². The van der Waals surface area contributed by atoms with E-state index in [4.69, 9.17) is 0 Å². The van der Waals surface area contributed by atoms with Gasteiger partial charge in [0.25, 0.3) is 0 Å². The Labute approximate surface area is 135 Å². The second-order valence-electron chi connectivity index (χ2n) is 4.77. The fourth-order valence-electron chi connectivity index (χ4n) is 2.29. The van der Waals surface area contributed by atoms with Gasteiger partial charge in [-0.05, 0) is 22.9 Å². The van der Waals surface area contributed by atoms with Crippen LogP contribution in [0.15, 0.2) is 59.8 Å². The average molecular weight is 329 g/mol. The highest BCUT2D eigenvalue weighted by Gasteiger charge is 2.19. The molecular formula is C16H13N2S3+. The Morgan fingerprint density at radius 2 is 1.76 bits per heavy atom. The van der Waals surface area contributed by atoms with Crippen molar-refractivity contribution in [3.8, 4) is 25.2 Å². The topological polar surface area (TPSA) is 8.81 Å². The zero-order valence-corrected chi connectivity index (χ0v) is 13.8. The minimum absolute atomic E-state index is 1.26. The molecule has 0 aliphatic carbocycles. The molecule has 21 heavy (non-hydrogen) atoms. The molecule has 0 amide bonds. The van der Waals surface area contributed by atoms with Crippen LogP contribution in [0.4, 0.5) is 0 Å². The van der Waals surface area contributed by atoms with Crippen LogP contribution < -0.4 is 4.57 Å². The first-order valence-electron chi connectivity index (χ1n) is 6.56. The number of imidazole rings is 1. The molecule has 0 radical (unpaired) electrons. The molecule has 0 saturated carbocycles. The summed E-state index contributed by atoms with van der Waals surface area (Å²) in [5.41, 5.74) is 1.26. The number of aryl methyl sites for hydroxylation is 1. The van der Waals surface area contributed by atoms with Gasteiger partial charge in [-0.25, -0.2) is 9.13 Å². The van der Waals surface area contributed by atoms with Gasteiger partial charge in [-0.15, -0.1) is 34.0 Å². The first-order valence-corrected chi connectivity index (χ1v) is 9.14. The van der Waals surface area contributed by atoms with Gasteiger partial charge in [0.1, 0.15) is 12.4 Å². The highest BCUT2D eigenvalue weighted by Crippen LogP contribution is 2.42. The van der Waals surface area contributed by atoms with E-state index in [1.807, 2.05) is 18.4 Å². The molecule has 0 N–H and O–H groups in total. The summed E-state index contributed by atoms with van der Waals surface area (Å²) < 4.78 is 4.27. The summed E-state index contributed by atoms with van der Waals surface area (Å²) in [7, 11) is 2.05. The van der Waals surface area contributed by atoms with Crippen molar-refractivity contribution in [1.82, 2.24) is 4.57 Å². The SMILES string of the molecule is C[n+]1ccn(-c2cc(-c3cccs3)sc2-c2cccs2)c1. The van der Waals surface area contributed by atoms with Crippen molar-refractivity contribution in [2.24, 2.45) is 7.05 Å². The molecule has 0 bridgehead atoms. The van der Waals surface area contributed by atoms with Crippen LogP contribution >= 0.6 is 34.0 Å². The van der Waals surface area contributed by atoms with Crippen molar-refractivity contribution in [3.05, 3.63) is 59.8 Å². The van der Waals surface area contributed by atoms with E-state index >= 15 is 0 Å². The van der Waals surface area contributed by atoms with Gasteiger partial charge in [-0.2, -0.15) is 0 Å². The van der Waals surface area contributed by atoms with Crippen molar-refractivity contribution >= 4 is 34.0 Å². The maximum absolute atomic E-state index is 2.30. The number of nitrogens with zero attached hydrogens (tertiary/aromatic N) is 2. The summed E-state index contributed by atoms with van der Waals surface area (Å²) in [6.07, 6.45) is 6.29. The molecule has 104 valence electrons.